The van der Waals surface area contributed by atoms with Gasteiger partial charge in [-0.2, -0.15) is 0 Å². The van der Waals surface area contributed by atoms with Crippen molar-refractivity contribution in [2.24, 2.45) is 11.8 Å². The van der Waals surface area contributed by atoms with Crippen LogP contribution in [0.2, 0.25) is 0 Å². The second-order valence-corrected chi connectivity index (χ2v) is 8.68. The Kier molecular flexibility index (Phi) is 10.9. The Hall–Kier alpha value is -1.22. The lowest BCUT2D eigenvalue weighted by atomic mass is 9.97. The smallest absolute Gasteiger partial charge is 0.189 e. The minimum atomic E-state index is 0.225. The van der Waals surface area contributed by atoms with Gasteiger partial charge in [-0.1, -0.05) is 70.4 Å². The van der Waals surface area contributed by atoms with Gasteiger partial charge in [0.1, 0.15) is 5.75 Å². The fraction of sp³-hybridized carbons (Fsp3) is 0.520. The monoisotopic (exact) mass is 436 g/mol. The van der Waals surface area contributed by atoms with Crippen LogP contribution in [0.1, 0.15) is 57.6 Å². The van der Waals surface area contributed by atoms with E-state index in [4.69, 9.17) is 32.7 Å². The van der Waals surface area contributed by atoms with E-state index >= 15 is 0 Å². The van der Waals surface area contributed by atoms with E-state index in [-0.39, 0.29) is 6.79 Å². The SMILES string of the molecule is CC(C)CCCC(C)CCOCOc1cc(CCl)cc(-c2ccccc2)c1CCl. The molecule has 1 atom stereocenters. The van der Waals surface area contributed by atoms with Gasteiger partial charge in [-0.3, -0.25) is 0 Å². The normalized spacial score (nSPS) is 12.3. The summed E-state index contributed by atoms with van der Waals surface area (Å²) in [6.45, 7) is 7.79. The third kappa shape index (κ3) is 8.20. The fourth-order valence-corrected chi connectivity index (χ4v) is 3.82. The molecule has 29 heavy (non-hydrogen) atoms. The first-order valence-corrected chi connectivity index (χ1v) is 11.7. The van der Waals surface area contributed by atoms with E-state index in [9.17, 15) is 0 Å². The standard InChI is InChI=1S/C25H34Cl2O2/c1-19(2)8-7-9-20(3)12-13-28-18-29-25-15-21(16-26)14-23(24(25)17-27)22-10-5-4-6-11-22/h4-6,10-11,14-15,19-20H,7-9,12-13,16-18H2,1-3H3. The van der Waals surface area contributed by atoms with Crippen LogP contribution in [0, 0.1) is 11.8 Å². The van der Waals surface area contributed by atoms with Crippen molar-refractivity contribution >= 4 is 23.2 Å². The number of hydrogen-bond donors (Lipinski definition) is 0. The van der Waals surface area contributed by atoms with Gasteiger partial charge < -0.3 is 9.47 Å². The highest BCUT2D eigenvalue weighted by atomic mass is 35.5. The zero-order valence-corrected chi connectivity index (χ0v) is 19.4. The van der Waals surface area contributed by atoms with Gasteiger partial charge in [-0.15, -0.1) is 23.2 Å². The molecular weight excluding hydrogens is 403 g/mol. The Labute approximate surface area is 186 Å². The van der Waals surface area contributed by atoms with Gasteiger partial charge in [-0.25, -0.2) is 0 Å². The van der Waals surface area contributed by atoms with Crippen molar-refractivity contribution in [3.63, 3.8) is 0 Å². The maximum absolute atomic E-state index is 6.28. The highest BCUT2D eigenvalue weighted by Gasteiger charge is 2.13. The highest BCUT2D eigenvalue weighted by molar-refractivity contribution is 6.18. The summed E-state index contributed by atoms with van der Waals surface area (Å²) in [5.41, 5.74) is 4.15. The van der Waals surface area contributed by atoms with Crippen LogP contribution in [0.4, 0.5) is 0 Å². The minimum absolute atomic E-state index is 0.225. The lowest BCUT2D eigenvalue weighted by Gasteiger charge is -2.17. The average Bonchev–Trinajstić information content (AvgIpc) is 2.73. The lowest BCUT2D eigenvalue weighted by molar-refractivity contribution is 0.00922. The van der Waals surface area contributed by atoms with E-state index in [1.807, 2.05) is 24.3 Å². The van der Waals surface area contributed by atoms with Crippen molar-refractivity contribution in [3.8, 4) is 16.9 Å². The number of halogens is 2. The topological polar surface area (TPSA) is 18.5 Å². The van der Waals surface area contributed by atoms with Crippen LogP contribution in [-0.2, 0) is 16.5 Å². The molecular formula is C25H34Cl2O2. The van der Waals surface area contributed by atoms with E-state index < -0.39 is 0 Å². The molecule has 0 aliphatic carbocycles. The Morgan fingerprint density at radius 3 is 2.31 bits per heavy atom. The summed E-state index contributed by atoms with van der Waals surface area (Å²) in [6.07, 6.45) is 4.91. The van der Waals surface area contributed by atoms with Crippen molar-refractivity contribution in [2.75, 3.05) is 13.4 Å². The molecule has 0 saturated carbocycles. The van der Waals surface area contributed by atoms with E-state index in [1.165, 1.54) is 19.3 Å². The van der Waals surface area contributed by atoms with Crippen LogP contribution in [-0.4, -0.2) is 13.4 Å². The molecule has 4 heteroatoms. The first-order valence-electron chi connectivity index (χ1n) is 10.6. The summed E-state index contributed by atoms with van der Waals surface area (Å²) >= 11 is 12.4. The Balaban J connectivity index is 1.92. The van der Waals surface area contributed by atoms with Crippen LogP contribution in [0.25, 0.3) is 11.1 Å². The predicted octanol–water partition coefficient (Wildman–Crippen LogP) is 8.04. The van der Waals surface area contributed by atoms with Crippen LogP contribution in [0.15, 0.2) is 42.5 Å². The largest absolute Gasteiger partial charge is 0.467 e. The summed E-state index contributed by atoms with van der Waals surface area (Å²) in [5.74, 6) is 3.01. The molecule has 1 unspecified atom stereocenters. The number of rotatable bonds is 13. The Bertz CT molecular complexity index is 716. The average molecular weight is 437 g/mol. The molecule has 2 rings (SSSR count). The van der Waals surface area contributed by atoms with Crippen LogP contribution < -0.4 is 4.74 Å². The predicted molar refractivity (Wildman–Crippen MR) is 125 cm³/mol. The molecule has 2 aromatic carbocycles. The first-order chi connectivity index (χ1) is 14.0. The lowest BCUT2D eigenvalue weighted by Crippen LogP contribution is -2.09. The molecule has 0 heterocycles. The molecule has 160 valence electrons. The molecule has 0 aliphatic heterocycles. The zero-order valence-electron chi connectivity index (χ0n) is 17.9. The number of benzene rings is 2. The fourth-order valence-electron chi connectivity index (χ4n) is 3.39. The third-order valence-electron chi connectivity index (χ3n) is 5.17. The van der Waals surface area contributed by atoms with Crippen molar-refractivity contribution in [3.05, 3.63) is 53.6 Å². The first kappa shape index (κ1) is 24.1. The molecule has 2 aromatic rings. The highest BCUT2D eigenvalue weighted by Crippen LogP contribution is 2.34. The quantitative estimate of drug-likeness (QED) is 0.179. The van der Waals surface area contributed by atoms with E-state index in [0.717, 1.165) is 40.3 Å². The maximum atomic E-state index is 6.28. The van der Waals surface area contributed by atoms with E-state index in [0.29, 0.717) is 24.3 Å². The van der Waals surface area contributed by atoms with Crippen molar-refractivity contribution in [1.29, 1.82) is 0 Å². The minimum Gasteiger partial charge on any atom is -0.467 e. The summed E-state index contributed by atoms with van der Waals surface area (Å²) in [6, 6.07) is 14.3. The molecule has 0 saturated heterocycles. The summed E-state index contributed by atoms with van der Waals surface area (Å²) < 4.78 is 11.7. The molecule has 0 N–H and O–H groups in total. The van der Waals surface area contributed by atoms with Gasteiger partial charge in [0.05, 0.1) is 12.5 Å². The molecule has 0 aromatic heterocycles. The Morgan fingerprint density at radius 2 is 1.66 bits per heavy atom. The van der Waals surface area contributed by atoms with Gasteiger partial charge in [0.15, 0.2) is 6.79 Å². The number of hydrogen-bond acceptors (Lipinski definition) is 2. The van der Waals surface area contributed by atoms with Crippen molar-refractivity contribution in [2.45, 2.75) is 58.2 Å². The maximum Gasteiger partial charge on any atom is 0.189 e. The van der Waals surface area contributed by atoms with Gasteiger partial charge in [0, 0.05) is 11.4 Å². The summed E-state index contributed by atoms with van der Waals surface area (Å²) in [5, 5.41) is 0. The number of ether oxygens (including phenoxy) is 2. The zero-order chi connectivity index (χ0) is 21.1. The van der Waals surface area contributed by atoms with Crippen molar-refractivity contribution < 1.29 is 9.47 Å². The van der Waals surface area contributed by atoms with E-state index in [1.54, 1.807) is 0 Å². The molecule has 2 nitrogen and oxygen atoms in total. The Morgan fingerprint density at radius 1 is 0.897 bits per heavy atom. The summed E-state index contributed by atoms with van der Waals surface area (Å²) in [7, 11) is 0. The molecule has 0 amide bonds. The molecule has 0 spiro atoms. The van der Waals surface area contributed by atoms with Gasteiger partial charge >= 0.3 is 0 Å². The second-order valence-electron chi connectivity index (χ2n) is 8.14. The van der Waals surface area contributed by atoms with Gasteiger partial charge in [0.25, 0.3) is 0 Å². The molecule has 0 aliphatic rings. The molecule has 0 bridgehead atoms. The second kappa shape index (κ2) is 13.2. The van der Waals surface area contributed by atoms with Crippen LogP contribution >= 0.6 is 23.2 Å². The van der Waals surface area contributed by atoms with Crippen molar-refractivity contribution in [1.82, 2.24) is 0 Å². The molecule has 0 fully saturated rings. The van der Waals surface area contributed by atoms with Gasteiger partial charge in [-0.05, 0) is 47.1 Å². The van der Waals surface area contributed by atoms with E-state index in [2.05, 4.69) is 39.0 Å². The third-order valence-corrected chi connectivity index (χ3v) is 5.75. The van der Waals surface area contributed by atoms with Crippen LogP contribution in [0.3, 0.4) is 0 Å². The molecule has 0 radical (unpaired) electrons. The van der Waals surface area contributed by atoms with Gasteiger partial charge in [0.2, 0.25) is 0 Å². The number of alkyl halides is 2. The van der Waals surface area contributed by atoms with Crippen LogP contribution in [0.5, 0.6) is 5.75 Å². The summed E-state index contributed by atoms with van der Waals surface area (Å²) in [4.78, 5) is 0.